The number of rotatable bonds is 4. The van der Waals surface area contributed by atoms with Gasteiger partial charge in [0, 0.05) is 11.1 Å². The number of carbonyl (C=O) groups excluding carboxylic acids is 1. The fourth-order valence-corrected chi connectivity index (χ4v) is 2.63. The Hall–Kier alpha value is -2.61. The SMILES string of the molecule is CB(C)c1ccc(-c2ccc(C(=O)c3ccccc3)cc2)cc1. The van der Waals surface area contributed by atoms with Gasteiger partial charge in [-0.15, -0.1) is 0 Å². The highest BCUT2D eigenvalue weighted by molar-refractivity contribution is 6.70. The van der Waals surface area contributed by atoms with Gasteiger partial charge in [0.25, 0.3) is 0 Å². The highest BCUT2D eigenvalue weighted by atomic mass is 16.1. The molecule has 3 rings (SSSR count). The van der Waals surface area contributed by atoms with Crippen molar-refractivity contribution in [2.24, 2.45) is 0 Å². The van der Waals surface area contributed by atoms with Crippen molar-refractivity contribution in [2.75, 3.05) is 0 Å². The molecule has 0 aromatic heterocycles. The average molecular weight is 298 g/mol. The highest BCUT2D eigenvalue weighted by Crippen LogP contribution is 2.20. The van der Waals surface area contributed by atoms with E-state index in [0.29, 0.717) is 6.71 Å². The zero-order chi connectivity index (χ0) is 16.2. The van der Waals surface area contributed by atoms with Crippen LogP contribution >= 0.6 is 0 Å². The summed E-state index contributed by atoms with van der Waals surface area (Å²) >= 11 is 0. The molecule has 0 spiro atoms. The Balaban J connectivity index is 1.83. The summed E-state index contributed by atoms with van der Waals surface area (Å²) in [5.74, 6) is 0.0623. The largest absolute Gasteiger partial charge is 0.289 e. The van der Waals surface area contributed by atoms with Crippen LogP contribution in [-0.4, -0.2) is 12.5 Å². The van der Waals surface area contributed by atoms with Gasteiger partial charge < -0.3 is 0 Å². The Morgan fingerprint density at radius 3 is 1.65 bits per heavy atom. The first kappa shape index (κ1) is 15.3. The molecule has 0 bridgehead atoms. The van der Waals surface area contributed by atoms with Gasteiger partial charge in [-0.3, -0.25) is 4.79 Å². The molecule has 3 aromatic carbocycles. The molecule has 0 amide bonds. The molecule has 0 N–H and O–H groups in total. The van der Waals surface area contributed by atoms with Crippen molar-refractivity contribution in [2.45, 2.75) is 13.6 Å². The van der Waals surface area contributed by atoms with Crippen LogP contribution in [-0.2, 0) is 0 Å². The van der Waals surface area contributed by atoms with E-state index in [0.717, 1.165) is 16.7 Å². The van der Waals surface area contributed by atoms with Gasteiger partial charge in [-0.2, -0.15) is 0 Å². The summed E-state index contributed by atoms with van der Waals surface area (Å²) in [6.07, 6.45) is 0. The monoisotopic (exact) mass is 298 g/mol. The van der Waals surface area contributed by atoms with Crippen LogP contribution in [0.5, 0.6) is 0 Å². The maximum absolute atomic E-state index is 12.4. The number of carbonyl (C=O) groups is 1. The molecule has 3 aromatic rings. The molecule has 1 nitrogen and oxygen atoms in total. The van der Waals surface area contributed by atoms with Crippen LogP contribution in [0.4, 0.5) is 0 Å². The van der Waals surface area contributed by atoms with Crippen molar-refractivity contribution in [1.82, 2.24) is 0 Å². The van der Waals surface area contributed by atoms with Crippen molar-refractivity contribution in [3.8, 4) is 11.1 Å². The zero-order valence-electron chi connectivity index (χ0n) is 13.5. The van der Waals surface area contributed by atoms with Crippen molar-refractivity contribution in [3.63, 3.8) is 0 Å². The van der Waals surface area contributed by atoms with Crippen molar-refractivity contribution in [1.29, 1.82) is 0 Å². The van der Waals surface area contributed by atoms with E-state index in [1.807, 2.05) is 54.6 Å². The highest BCUT2D eigenvalue weighted by Gasteiger charge is 2.09. The van der Waals surface area contributed by atoms with Crippen LogP contribution in [0.15, 0.2) is 78.9 Å². The normalized spacial score (nSPS) is 10.3. The summed E-state index contributed by atoms with van der Waals surface area (Å²) in [6, 6.07) is 25.8. The first-order chi connectivity index (χ1) is 11.1. The lowest BCUT2D eigenvalue weighted by molar-refractivity contribution is 0.103. The second kappa shape index (κ2) is 6.66. The number of benzene rings is 3. The molecule has 0 unspecified atom stereocenters. The van der Waals surface area contributed by atoms with Crippen molar-refractivity contribution < 1.29 is 4.79 Å². The number of hydrogen-bond donors (Lipinski definition) is 0. The number of ketones is 1. The van der Waals surface area contributed by atoms with Crippen LogP contribution in [0, 0.1) is 0 Å². The molecule has 112 valence electrons. The fourth-order valence-electron chi connectivity index (χ4n) is 2.63. The molecular weight excluding hydrogens is 279 g/mol. The molecule has 0 aliphatic rings. The standard InChI is InChI=1S/C21H19BO/c1-22(2)20-14-12-17(13-15-20)16-8-10-19(11-9-16)21(23)18-6-4-3-5-7-18/h3-15H,1-2H3. The minimum Gasteiger partial charge on any atom is -0.289 e. The van der Waals surface area contributed by atoms with Crippen LogP contribution in [0.25, 0.3) is 11.1 Å². The molecule has 0 saturated carbocycles. The van der Waals surface area contributed by atoms with E-state index in [-0.39, 0.29) is 5.78 Å². The smallest absolute Gasteiger partial charge is 0.193 e. The Morgan fingerprint density at radius 1 is 0.652 bits per heavy atom. The summed E-state index contributed by atoms with van der Waals surface area (Å²) in [4.78, 5) is 12.4. The molecule has 0 aliphatic heterocycles. The van der Waals surface area contributed by atoms with Crippen LogP contribution in [0.2, 0.25) is 13.6 Å². The van der Waals surface area contributed by atoms with Gasteiger partial charge in [-0.1, -0.05) is 98.0 Å². The summed E-state index contributed by atoms with van der Waals surface area (Å²) in [7, 11) is 0. The van der Waals surface area contributed by atoms with Crippen molar-refractivity contribution >= 4 is 18.0 Å². The topological polar surface area (TPSA) is 17.1 Å². The second-order valence-corrected chi connectivity index (χ2v) is 6.05. The van der Waals surface area contributed by atoms with Gasteiger partial charge in [0.05, 0.1) is 0 Å². The van der Waals surface area contributed by atoms with Crippen LogP contribution in [0.1, 0.15) is 15.9 Å². The Bertz CT molecular complexity index is 788. The van der Waals surface area contributed by atoms with Crippen LogP contribution in [0.3, 0.4) is 0 Å². The predicted octanol–water partition coefficient (Wildman–Crippen LogP) is 4.55. The lowest BCUT2D eigenvalue weighted by Gasteiger charge is -2.07. The van der Waals surface area contributed by atoms with Gasteiger partial charge >= 0.3 is 0 Å². The van der Waals surface area contributed by atoms with Crippen LogP contribution < -0.4 is 5.46 Å². The summed E-state index contributed by atoms with van der Waals surface area (Å²) < 4.78 is 0. The van der Waals surface area contributed by atoms with Gasteiger partial charge in [0.15, 0.2) is 12.5 Å². The third kappa shape index (κ3) is 3.42. The molecule has 0 heterocycles. The third-order valence-electron chi connectivity index (χ3n) is 4.09. The van der Waals surface area contributed by atoms with Gasteiger partial charge in [-0.25, -0.2) is 0 Å². The van der Waals surface area contributed by atoms with E-state index in [4.69, 9.17) is 0 Å². The third-order valence-corrected chi connectivity index (χ3v) is 4.09. The predicted molar refractivity (Wildman–Crippen MR) is 98.9 cm³/mol. The first-order valence-corrected chi connectivity index (χ1v) is 7.95. The number of hydrogen-bond acceptors (Lipinski definition) is 1. The molecule has 0 fully saturated rings. The minimum absolute atomic E-state index is 0.0623. The maximum atomic E-state index is 12.4. The van der Waals surface area contributed by atoms with Crippen molar-refractivity contribution in [3.05, 3.63) is 90.0 Å². The van der Waals surface area contributed by atoms with Gasteiger partial charge in [0.2, 0.25) is 0 Å². The van der Waals surface area contributed by atoms with Gasteiger partial charge in [-0.05, 0) is 11.1 Å². The van der Waals surface area contributed by atoms with E-state index in [1.165, 1.54) is 11.0 Å². The molecule has 0 radical (unpaired) electrons. The molecular formula is C21H19BO. The van der Waals surface area contributed by atoms with E-state index in [1.54, 1.807) is 0 Å². The summed E-state index contributed by atoms with van der Waals surface area (Å²) in [5.41, 5.74) is 5.09. The maximum Gasteiger partial charge on any atom is 0.193 e. The van der Waals surface area contributed by atoms with E-state index < -0.39 is 0 Å². The molecule has 0 aliphatic carbocycles. The Labute approximate surface area is 138 Å². The summed E-state index contributed by atoms with van der Waals surface area (Å²) in [6.45, 7) is 4.92. The molecule has 0 atom stereocenters. The quantitative estimate of drug-likeness (QED) is 0.510. The van der Waals surface area contributed by atoms with E-state index in [2.05, 4.69) is 37.9 Å². The van der Waals surface area contributed by atoms with Gasteiger partial charge in [0.1, 0.15) is 0 Å². The first-order valence-electron chi connectivity index (χ1n) is 7.95. The zero-order valence-corrected chi connectivity index (χ0v) is 13.5. The molecule has 0 saturated heterocycles. The van der Waals surface area contributed by atoms with E-state index in [9.17, 15) is 4.79 Å². The fraction of sp³-hybridized carbons (Fsp3) is 0.0952. The molecule has 2 heteroatoms. The minimum atomic E-state index is 0.0623. The lowest BCUT2D eigenvalue weighted by Crippen LogP contribution is -2.21. The Morgan fingerprint density at radius 2 is 1.13 bits per heavy atom. The second-order valence-electron chi connectivity index (χ2n) is 6.05. The molecule has 23 heavy (non-hydrogen) atoms. The average Bonchev–Trinajstić information content (AvgIpc) is 2.62. The van der Waals surface area contributed by atoms with E-state index >= 15 is 0 Å². The Kier molecular flexibility index (Phi) is 4.43. The lowest BCUT2D eigenvalue weighted by atomic mass is 9.49. The summed E-state index contributed by atoms with van der Waals surface area (Å²) in [5, 5.41) is 0.